The van der Waals surface area contributed by atoms with Crippen LogP contribution in [0.4, 0.5) is 0 Å². The van der Waals surface area contributed by atoms with Gasteiger partial charge < -0.3 is 15.0 Å². The number of piperazine rings is 1. The Morgan fingerprint density at radius 1 is 0.926 bits per heavy atom. The highest BCUT2D eigenvalue weighted by atomic mass is 16.5. The molecule has 1 N–H and O–H groups in total. The first-order valence-electron chi connectivity index (χ1n) is 10.1. The molecule has 1 saturated carbocycles. The number of nitriles is 1. The largest absolute Gasteiger partial charge is 0.378 e. The zero-order chi connectivity index (χ0) is 19.1. The SMILES string of the molecule is N#CC1(NC(=O)CN2CCN(CC(=O)N3CCOCC3)CC2)CCCCC1. The molecule has 2 amide bonds. The van der Waals surface area contributed by atoms with Crippen molar-refractivity contribution < 1.29 is 14.3 Å². The number of carbonyl (C=O) groups is 2. The zero-order valence-corrected chi connectivity index (χ0v) is 16.1. The van der Waals surface area contributed by atoms with Crippen LogP contribution in [0.2, 0.25) is 0 Å². The second kappa shape index (κ2) is 9.49. The summed E-state index contributed by atoms with van der Waals surface area (Å²) in [4.78, 5) is 30.9. The molecule has 3 aliphatic rings. The molecule has 0 aromatic rings. The number of morpholine rings is 1. The van der Waals surface area contributed by atoms with Crippen molar-refractivity contribution in [3.05, 3.63) is 0 Å². The van der Waals surface area contributed by atoms with E-state index in [9.17, 15) is 14.9 Å². The van der Waals surface area contributed by atoms with Gasteiger partial charge in [-0.25, -0.2) is 0 Å². The van der Waals surface area contributed by atoms with E-state index in [1.54, 1.807) is 0 Å². The standard InChI is InChI=1S/C19H31N5O3/c20-16-19(4-2-1-3-5-19)21-17(25)14-22-6-8-23(9-7-22)15-18(26)24-10-12-27-13-11-24/h1-15H2,(H,21,25). The van der Waals surface area contributed by atoms with E-state index in [1.807, 2.05) is 4.90 Å². The smallest absolute Gasteiger partial charge is 0.236 e. The van der Waals surface area contributed by atoms with Crippen LogP contribution in [-0.2, 0) is 14.3 Å². The van der Waals surface area contributed by atoms with Gasteiger partial charge in [0.05, 0.1) is 32.4 Å². The van der Waals surface area contributed by atoms with E-state index in [0.29, 0.717) is 39.4 Å². The van der Waals surface area contributed by atoms with E-state index in [-0.39, 0.29) is 11.8 Å². The lowest BCUT2D eigenvalue weighted by Crippen LogP contribution is -2.55. The molecule has 8 nitrogen and oxygen atoms in total. The van der Waals surface area contributed by atoms with Crippen LogP contribution < -0.4 is 5.32 Å². The van der Waals surface area contributed by atoms with Gasteiger partial charge in [0.1, 0.15) is 5.54 Å². The zero-order valence-electron chi connectivity index (χ0n) is 16.1. The molecule has 2 saturated heterocycles. The van der Waals surface area contributed by atoms with Gasteiger partial charge >= 0.3 is 0 Å². The maximum absolute atomic E-state index is 12.4. The predicted molar refractivity (Wildman–Crippen MR) is 99.9 cm³/mol. The van der Waals surface area contributed by atoms with Crippen LogP contribution in [0.3, 0.4) is 0 Å². The van der Waals surface area contributed by atoms with Gasteiger partial charge in [0.15, 0.2) is 0 Å². The fraction of sp³-hybridized carbons (Fsp3) is 0.842. The number of hydrogen-bond acceptors (Lipinski definition) is 6. The average Bonchev–Trinajstić information content (AvgIpc) is 2.70. The van der Waals surface area contributed by atoms with Crippen LogP contribution in [0.25, 0.3) is 0 Å². The molecule has 0 bridgehead atoms. The summed E-state index contributed by atoms with van der Waals surface area (Å²) in [5.41, 5.74) is -0.665. The second-order valence-corrected chi connectivity index (χ2v) is 7.85. The summed E-state index contributed by atoms with van der Waals surface area (Å²) in [6.07, 6.45) is 4.66. The Bertz CT molecular complexity index is 556. The number of amides is 2. The number of carbonyl (C=O) groups excluding carboxylic acids is 2. The number of ether oxygens (including phenoxy) is 1. The van der Waals surface area contributed by atoms with E-state index < -0.39 is 5.54 Å². The molecule has 0 aromatic heterocycles. The second-order valence-electron chi connectivity index (χ2n) is 7.85. The van der Waals surface area contributed by atoms with Gasteiger partial charge in [-0.05, 0) is 12.8 Å². The third-order valence-electron chi connectivity index (χ3n) is 5.85. The molecule has 3 fully saturated rings. The molecular formula is C19H31N5O3. The molecule has 27 heavy (non-hydrogen) atoms. The van der Waals surface area contributed by atoms with Crippen molar-refractivity contribution in [2.24, 2.45) is 0 Å². The summed E-state index contributed by atoms with van der Waals surface area (Å²) in [5.74, 6) is 0.106. The molecule has 8 heteroatoms. The molecule has 0 aromatic carbocycles. The van der Waals surface area contributed by atoms with Crippen molar-refractivity contribution in [2.75, 3.05) is 65.6 Å². The van der Waals surface area contributed by atoms with Crippen LogP contribution in [0.5, 0.6) is 0 Å². The molecule has 150 valence electrons. The molecule has 0 spiro atoms. The molecular weight excluding hydrogens is 346 g/mol. The van der Waals surface area contributed by atoms with Gasteiger partial charge in [-0.15, -0.1) is 0 Å². The van der Waals surface area contributed by atoms with E-state index in [2.05, 4.69) is 21.2 Å². The molecule has 2 heterocycles. The minimum atomic E-state index is -0.665. The first-order valence-corrected chi connectivity index (χ1v) is 10.1. The highest BCUT2D eigenvalue weighted by Crippen LogP contribution is 2.27. The fourth-order valence-electron chi connectivity index (χ4n) is 4.14. The highest BCUT2D eigenvalue weighted by Gasteiger charge is 2.34. The third kappa shape index (κ3) is 5.64. The van der Waals surface area contributed by atoms with E-state index in [1.165, 1.54) is 0 Å². The maximum atomic E-state index is 12.4. The van der Waals surface area contributed by atoms with Crippen molar-refractivity contribution in [1.29, 1.82) is 5.26 Å². The van der Waals surface area contributed by atoms with Gasteiger partial charge in [0, 0.05) is 39.3 Å². The number of nitrogens with one attached hydrogen (secondary N) is 1. The molecule has 1 aliphatic carbocycles. The average molecular weight is 377 g/mol. The topological polar surface area (TPSA) is 88.9 Å². The monoisotopic (exact) mass is 377 g/mol. The Hall–Kier alpha value is -1.69. The Kier molecular flexibility index (Phi) is 7.05. The van der Waals surface area contributed by atoms with Crippen LogP contribution >= 0.6 is 0 Å². The number of nitrogens with zero attached hydrogens (tertiary/aromatic N) is 4. The Morgan fingerprint density at radius 2 is 1.52 bits per heavy atom. The summed E-state index contributed by atoms with van der Waals surface area (Å²) < 4.78 is 5.29. The Morgan fingerprint density at radius 3 is 2.11 bits per heavy atom. The van der Waals surface area contributed by atoms with Gasteiger partial charge in [-0.2, -0.15) is 5.26 Å². The highest BCUT2D eigenvalue weighted by molar-refractivity contribution is 5.79. The maximum Gasteiger partial charge on any atom is 0.236 e. The number of hydrogen-bond donors (Lipinski definition) is 1. The molecule has 0 atom stereocenters. The lowest BCUT2D eigenvalue weighted by molar-refractivity contribution is -0.137. The van der Waals surface area contributed by atoms with Crippen LogP contribution in [0.15, 0.2) is 0 Å². The Balaban J connectivity index is 1.38. The van der Waals surface area contributed by atoms with Crippen molar-refractivity contribution in [3.63, 3.8) is 0 Å². The van der Waals surface area contributed by atoms with Gasteiger partial charge in [-0.1, -0.05) is 19.3 Å². The molecule has 0 radical (unpaired) electrons. The van der Waals surface area contributed by atoms with E-state index in [0.717, 1.165) is 58.3 Å². The minimum absolute atomic E-state index is 0.0590. The third-order valence-corrected chi connectivity index (χ3v) is 5.85. The van der Waals surface area contributed by atoms with Crippen LogP contribution in [0.1, 0.15) is 32.1 Å². The first kappa shape index (κ1) is 20.1. The van der Waals surface area contributed by atoms with Gasteiger partial charge in [-0.3, -0.25) is 19.4 Å². The number of rotatable bonds is 5. The normalized spacial score (nSPS) is 24.2. The van der Waals surface area contributed by atoms with Crippen molar-refractivity contribution in [3.8, 4) is 6.07 Å². The lowest BCUT2D eigenvalue weighted by Gasteiger charge is -2.36. The molecule has 3 rings (SSSR count). The summed E-state index contributed by atoms with van der Waals surface area (Å²) in [6, 6.07) is 2.34. The fourth-order valence-corrected chi connectivity index (χ4v) is 4.14. The molecule has 2 aliphatic heterocycles. The van der Waals surface area contributed by atoms with Crippen molar-refractivity contribution in [1.82, 2.24) is 20.0 Å². The minimum Gasteiger partial charge on any atom is -0.378 e. The van der Waals surface area contributed by atoms with Gasteiger partial charge in [0.2, 0.25) is 11.8 Å². The predicted octanol–water partition coefficient (Wildman–Crippen LogP) is -0.195. The quantitative estimate of drug-likeness (QED) is 0.714. The van der Waals surface area contributed by atoms with E-state index >= 15 is 0 Å². The summed E-state index contributed by atoms with van der Waals surface area (Å²) in [7, 11) is 0. The Labute approximate surface area is 161 Å². The van der Waals surface area contributed by atoms with E-state index in [4.69, 9.17) is 4.74 Å². The summed E-state index contributed by atoms with van der Waals surface area (Å²) in [5, 5.41) is 12.5. The van der Waals surface area contributed by atoms with Crippen LogP contribution in [-0.4, -0.2) is 97.6 Å². The van der Waals surface area contributed by atoms with Crippen LogP contribution in [0, 0.1) is 11.3 Å². The first-order chi connectivity index (χ1) is 13.1. The van der Waals surface area contributed by atoms with Crippen molar-refractivity contribution in [2.45, 2.75) is 37.6 Å². The molecule has 0 unspecified atom stereocenters. The lowest BCUT2D eigenvalue weighted by atomic mass is 9.83. The van der Waals surface area contributed by atoms with Crippen molar-refractivity contribution >= 4 is 11.8 Å². The van der Waals surface area contributed by atoms with Gasteiger partial charge in [0.25, 0.3) is 0 Å². The summed E-state index contributed by atoms with van der Waals surface area (Å²) in [6.45, 7) is 6.48. The summed E-state index contributed by atoms with van der Waals surface area (Å²) >= 11 is 0.